The van der Waals surface area contributed by atoms with Gasteiger partial charge in [0.05, 0.1) is 24.1 Å². The lowest BCUT2D eigenvalue weighted by atomic mass is 10.0. The fourth-order valence-electron chi connectivity index (χ4n) is 3.10. The molecule has 3 rings (SSSR count). The van der Waals surface area contributed by atoms with Crippen molar-refractivity contribution in [1.82, 2.24) is 24.5 Å². The number of pyridine rings is 1. The van der Waals surface area contributed by atoms with Gasteiger partial charge in [-0.2, -0.15) is 5.10 Å². The Morgan fingerprint density at radius 2 is 1.93 bits per heavy atom. The van der Waals surface area contributed by atoms with Gasteiger partial charge in [-0.15, -0.1) is 0 Å². The molecule has 8 nitrogen and oxygen atoms in total. The lowest BCUT2D eigenvalue weighted by molar-refractivity contribution is -0.127. The van der Waals surface area contributed by atoms with Crippen LogP contribution in [0.25, 0.3) is 5.65 Å². The number of rotatable bonds is 8. The molecule has 0 saturated carbocycles. The highest BCUT2D eigenvalue weighted by Crippen LogP contribution is 2.12. The number of carbonyl (C=O) groups is 2. The van der Waals surface area contributed by atoms with Crippen LogP contribution in [0, 0.1) is 11.8 Å². The molecule has 1 unspecified atom stereocenters. The third-order valence-electron chi connectivity index (χ3n) is 4.50. The van der Waals surface area contributed by atoms with Crippen molar-refractivity contribution in [2.24, 2.45) is 11.8 Å². The van der Waals surface area contributed by atoms with E-state index in [1.165, 1.54) is 0 Å². The highest BCUT2D eigenvalue weighted by molar-refractivity contribution is 5.97. The van der Waals surface area contributed by atoms with E-state index in [-0.39, 0.29) is 23.7 Å². The van der Waals surface area contributed by atoms with E-state index in [1.54, 1.807) is 17.1 Å². The summed E-state index contributed by atoms with van der Waals surface area (Å²) in [5, 5.41) is 10.00. The van der Waals surface area contributed by atoms with E-state index in [1.807, 2.05) is 62.7 Å². The van der Waals surface area contributed by atoms with Gasteiger partial charge in [0, 0.05) is 25.0 Å². The lowest BCUT2D eigenvalue weighted by Gasteiger charge is -2.21. The van der Waals surface area contributed by atoms with Gasteiger partial charge in [-0.05, 0) is 24.0 Å². The van der Waals surface area contributed by atoms with Crippen molar-refractivity contribution in [2.75, 3.05) is 5.32 Å². The molecule has 29 heavy (non-hydrogen) atoms. The number of nitrogens with one attached hydrogen (secondary N) is 2. The van der Waals surface area contributed by atoms with E-state index in [9.17, 15) is 9.59 Å². The Morgan fingerprint density at radius 3 is 2.62 bits per heavy atom. The van der Waals surface area contributed by atoms with Crippen LogP contribution in [0.5, 0.6) is 0 Å². The smallest absolute Gasteiger partial charge is 0.247 e. The zero-order valence-corrected chi connectivity index (χ0v) is 17.3. The number of nitrogens with zero attached hydrogens (tertiary/aromatic N) is 4. The molecule has 0 saturated heterocycles. The maximum Gasteiger partial charge on any atom is 0.247 e. The lowest BCUT2D eigenvalue weighted by Crippen LogP contribution is -2.47. The van der Waals surface area contributed by atoms with Gasteiger partial charge < -0.3 is 15.0 Å². The van der Waals surface area contributed by atoms with E-state index < -0.39 is 6.04 Å². The Bertz CT molecular complexity index is 955. The summed E-state index contributed by atoms with van der Waals surface area (Å²) >= 11 is 0. The minimum Gasteiger partial charge on any atom is -0.344 e. The Balaban J connectivity index is 1.63. The summed E-state index contributed by atoms with van der Waals surface area (Å²) in [5.41, 5.74) is 2.33. The fraction of sp³-hybridized carbons (Fsp3) is 0.429. The first-order valence-corrected chi connectivity index (χ1v) is 9.87. The Kier molecular flexibility index (Phi) is 6.31. The predicted octanol–water partition coefficient (Wildman–Crippen LogP) is 2.70. The number of anilines is 1. The van der Waals surface area contributed by atoms with Gasteiger partial charge in [0.15, 0.2) is 0 Å². The second kappa shape index (κ2) is 8.89. The van der Waals surface area contributed by atoms with Crippen LogP contribution in [0.4, 0.5) is 5.69 Å². The predicted molar refractivity (Wildman–Crippen MR) is 111 cm³/mol. The van der Waals surface area contributed by atoms with Crippen molar-refractivity contribution in [1.29, 1.82) is 0 Å². The van der Waals surface area contributed by atoms with Crippen LogP contribution in [-0.2, 0) is 16.1 Å². The van der Waals surface area contributed by atoms with E-state index in [2.05, 4.69) is 20.7 Å². The van der Waals surface area contributed by atoms with Crippen LogP contribution in [0.1, 0.15) is 39.8 Å². The summed E-state index contributed by atoms with van der Waals surface area (Å²) in [6, 6.07) is 5.24. The monoisotopic (exact) mass is 396 g/mol. The maximum atomic E-state index is 12.7. The molecule has 0 aliphatic carbocycles. The van der Waals surface area contributed by atoms with Gasteiger partial charge in [0.2, 0.25) is 11.8 Å². The molecule has 154 valence electrons. The summed E-state index contributed by atoms with van der Waals surface area (Å²) < 4.78 is 3.67. The molecule has 0 aliphatic heterocycles. The number of fused-ring (bicyclic) bond motifs is 1. The van der Waals surface area contributed by atoms with Crippen molar-refractivity contribution in [3.63, 3.8) is 0 Å². The topological polar surface area (TPSA) is 93.3 Å². The van der Waals surface area contributed by atoms with E-state index in [4.69, 9.17) is 0 Å². The Morgan fingerprint density at radius 1 is 1.14 bits per heavy atom. The number of hydrogen-bond acceptors (Lipinski definition) is 4. The summed E-state index contributed by atoms with van der Waals surface area (Å²) in [5.74, 6) is -0.149. The second-order valence-electron chi connectivity index (χ2n) is 8.00. The minimum atomic E-state index is -0.594. The average molecular weight is 396 g/mol. The molecule has 0 aliphatic rings. The van der Waals surface area contributed by atoms with Crippen molar-refractivity contribution in [2.45, 2.75) is 46.7 Å². The molecule has 0 fully saturated rings. The molecule has 3 heterocycles. The zero-order chi connectivity index (χ0) is 21.0. The summed E-state index contributed by atoms with van der Waals surface area (Å²) in [4.78, 5) is 29.3. The molecule has 2 amide bonds. The summed E-state index contributed by atoms with van der Waals surface area (Å²) in [6.45, 7) is 8.26. The van der Waals surface area contributed by atoms with Crippen LogP contribution in [0.15, 0.2) is 43.0 Å². The minimum absolute atomic E-state index is 0.0286. The van der Waals surface area contributed by atoms with Crippen molar-refractivity contribution >= 4 is 23.1 Å². The first kappa shape index (κ1) is 20.6. The Hall–Kier alpha value is -3.16. The quantitative estimate of drug-likeness (QED) is 0.612. The van der Waals surface area contributed by atoms with Gasteiger partial charge in [0.25, 0.3) is 0 Å². The van der Waals surface area contributed by atoms with Crippen LogP contribution >= 0.6 is 0 Å². The standard InChI is InChI=1S/C21H28N6O2/c1-14(2)9-19(28)25-20(15(3)4)21(29)24-16-10-22-27(12-16)13-17-11-26-8-6-5-7-18(26)23-17/h5-8,10-12,14-15,20H,9,13H2,1-4H3,(H,24,29)(H,25,28). The fourth-order valence-corrected chi connectivity index (χ4v) is 3.10. The van der Waals surface area contributed by atoms with Crippen molar-refractivity contribution < 1.29 is 9.59 Å². The van der Waals surface area contributed by atoms with Gasteiger partial charge in [-0.1, -0.05) is 33.8 Å². The van der Waals surface area contributed by atoms with Crippen molar-refractivity contribution in [3.8, 4) is 0 Å². The van der Waals surface area contributed by atoms with Gasteiger partial charge in [-0.25, -0.2) is 4.98 Å². The highest BCUT2D eigenvalue weighted by atomic mass is 16.2. The second-order valence-corrected chi connectivity index (χ2v) is 8.00. The normalized spacial score (nSPS) is 12.5. The Labute approximate surface area is 170 Å². The third-order valence-corrected chi connectivity index (χ3v) is 4.50. The van der Waals surface area contributed by atoms with Crippen LogP contribution in [0.3, 0.4) is 0 Å². The molecule has 3 aromatic heterocycles. The first-order valence-electron chi connectivity index (χ1n) is 9.87. The zero-order valence-electron chi connectivity index (χ0n) is 17.3. The van der Waals surface area contributed by atoms with Crippen LogP contribution in [0.2, 0.25) is 0 Å². The van der Waals surface area contributed by atoms with E-state index >= 15 is 0 Å². The number of aromatic nitrogens is 4. The van der Waals surface area contributed by atoms with Crippen LogP contribution in [-0.4, -0.2) is 37.0 Å². The summed E-state index contributed by atoms with van der Waals surface area (Å²) in [6.07, 6.45) is 7.65. The van der Waals surface area contributed by atoms with E-state index in [0.717, 1.165) is 11.3 Å². The average Bonchev–Trinajstić information content (AvgIpc) is 3.24. The number of hydrogen-bond donors (Lipinski definition) is 2. The molecule has 0 spiro atoms. The molecule has 8 heteroatoms. The van der Waals surface area contributed by atoms with Gasteiger partial charge in [-0.3, -0.25) is 14.3 Å². The SMILES string of the molecule is CC(C)CC(=O)NC(C(=O)Nc1cnn(Cc2cn3ccccc3n2)c1)C(C)C. The first-order chi connectivity index (χ1) is 13.8. The molecule has 2 N–H and O–H groups in total. The molecule has 0 aromatic carbocycles. The molecule has 3 aromatic rings. The molecular weight excluding hydrogens is 368 g/mol. The van der Waals surface area contributed by atoms with Gasteiger partial charge >= 0.3 is 0 Å². The largest absolute Gasteiger partial charge is 0.344 e. The highest BCUT2D eigenvalue weighted by Gasteiger charge is 2.24. The van der Waals surface area contributed by atoms with E-state index in [0.29, 0.717) is 18.7 Å². The molecule has 0 bridgehead atoms. The van der Waals surface area contributed by atoms with Gasteiger partial charge in [0.1, 0.15) is 11.7 Å². The number of amides is 2. The molecule has 0 radical (unpaired) electrons. The number of imidazole rings is 1. The maximum absolute atomic E-state index is 12.7. The third kappa shape index (κ3) is 5.43. The molecule has 1 atom stereocenters. The van der Waals surface area contributed by atoms with Crippen molar-refractivity contribution in [3.05, 3.63) is 48.7 Å². The molecular formula is C21H28N6O2. The number of carbonyl (C=O) groups excluding carboxylic acids is 2. The van der Waals surface area contributed by atoms with Crippen LogP contribution < -0.4 is 10.6 Å². The summed E-state index contributed by atoms with van der Waals surface area (Å²) in [7, 11) is 0.